The molecule has 0 aliphatic rings. The van der Waals surface area contributed by atoms with Gasteiger partial charge in [-0.15, -0.1) is 0 Å². The van der Waals surface area contributed by atoms with E-state index in [0.29, 0.717) is 12.1 Å². The van der Waals surface area contributed by atoms with Gasteiger partial charge in [0.15, 0.2) is 0 Å². The largest absolute Gasteiger partial charge is 0.352 e. The number of amides is 1. The normalized spacial score (nSPS) is 10.7. The van der Waals surface area contributed by atoms with Crippen molar-refractivity contribution in [2.45, 2.75) is 13.3 Å². The number of nitrogens with one attached hydrogen (secondary N) is 2. The van der Waals surface area contributed by atoms with Crippen molar-refractivity contribution in [3.8, 4) is 0 Å². The highest BCUT2D eigenvalue weighted by atomic mass is 16.1. The van der Waals surface area contributed by atoms with E-state index in [9.17, 15) is 4.79 Å². The fourth-order valence-electron chi connectivity index (χ4n) is 2.37. The van der Waals surface area contributed by atoms with E-state index >= 15 is 0 Å². The Hall–Kier alpha value is -2.62. The fraction of sp³-hybridized carbons (Fsp3) is 0.176. The van der Waals surface area contributed by atoms with E-state index < -0.39 is 0 Å². The van der Waals surface area contributed by atoms with Crippen LogP contribution in [-0.4, -0.2) is 22.6 Å². The Morgan fingerprint density at radius 3 is 3.00 bits per heavy atom. The van der Waals surface area contributed by atoms with Crippen molar-refractivity contribution in [2.75, 3.05) is 6.54 Å². The third-order valence-corrected chi connectivity index (χ3v) is 3.49. The van der Waals surface area contributed by atoms with Crippen LogP contribution < -0.4 is 5.32 Å². The van der Waals surface area contributed by atoms with Crippen molar-refractivity contribution in [3.63, 3.8) is 0 Å². The standard InChI is InChI=1S/C17H17N3O/c1-12-3-2-4-13(9-12)7-8-18-17(21)14-5-6-15-11-19-20-16(15)10-14/h2-6,9-11H,7-8H2,1H3,(H,18,21)(H,19,20). The minimum atomic E-state index is -0.0563. The smallest absolute Gasteiger partial charge is 0.251 e. The SMILES string of the molecule is Cc1cccc(CCNC(=O)c2ccc3cn[nH]c3c2)c1. The summed E-state index contributed by atoms with van der Waals surface area (Å²) in [6, 6.07) is 13.9. The number of carbonyl (C=O) groups is 1. The van der Waals surface area contributed by atoms with Crippen LogP contribution in [0.2, 0.25) is 0 Å². The van der Waals surface area contributed by atoms with E-state index in [2.05, 4.69) is 40.6 Å². The lowest BCUT2D eigenvalue weighted by Crippen LogP contribution is -2.25. The Kier molecular flexibility index (Phi) is 3.69. The molecular formula is C17H17N3O. The predicted octanol–water partition coefficient (Wildman–Crippen LogP) is 2.84. The molecule has 3 rings (SSSR count). The minimum absolute atomic E-state index is 0.0563. The molecule has 0 radical (unpaired) electrons. The molecule has 0 saturated heterocycles. The summed E-state index contributed by atoms with van der Waals surface area (Å²) in [5, 5.41) is 10.8. The van der Waals surface area contributed by atoms with E-state index in [4.69, 9.17) is 0 Å². The number of hydrogen-bond acceptors (Lipinski definition) is 2. The van der Waals surface area contributed by atoms with Crippen LogP contribution in [0.3, 0.4) is 0 Å². The van der Waals surface area contributed by atoms with E-state index in [1.165, 1.54) is 11.1 Å². The Bertz CT molecular complexity index is 776. The second-order valence-electron chi connectivity index (χ2n) is 5.17. The Balaban J connectivity index is 1.61. The van der Waals surface area contributed by atoms with Gasteiger partial charge < -0.3 is 5.32 Å². The molecule has 1 aromatic heterocycles. The van der Waals surface area contributed by atoms with Gasteiger partial charge in [0, 0.05) is 17.5 Å². The number of aromatic nitrogens is 2. The van der Waals surface area contributed by atoms with E-state index in [1.54, 1.807) is 6.20 Å². The first-order valence-corrected chi connectivity index (χ1v) is 6.99. The number of aromatic amines is 1. The third-order valence-electron chi connectivity index (χ3n) is 3.49. The van der Waals surface area contributed by atoms with Crippen molar-refractivity contribution in [1.29, 1.82) is 0 Å². The second kappa shape index (κ2) is 5.79. The van der Waals surface area contributed by atoms with Gasteiger partial charge in [-0.1, -0.05) is 35.9 Å². The number of H-pyrrole nitrogens is 1. The zero-order chi connectivity index (χ0) is 14.7. The fourth-order valence-corrected chi connectivity index (χ4v) is 2.37. The molecule has 1 heterocycles. The van der Waals surface area contributed by atoms with Crippen molar-refractivity contribution in [2.24, 2.45) is 0 Å². The van der Waals surface area contributed by atoms with E-state index in [0.717, 1.165) is 17.3 Å². The van der Waals surface area contributed by atoms with Crippen molar-refractivity contribution < 1.29 is 4.79 Å². The number of fused-ring (bicyclic) bond motifs is 1. The molecule has 0 unspecified atom stereocenters. The molecule has 4 heteroatoms. The van der Waals surface area contributed by atoms with Crippen LogP contribution >= 0.6 is 0 Å². The van der Waals surface area contributed by atoms with E-state index in [-0.39, 0.29) is 5.91 Å². The summed E-state index contributed by atoms with van der Waals surface area (Å²) in [4.78, 5) is 12.1. The lowest BCUT2D eigenvalue weighted by molar-refractivity contribution is 0.0954. The van der Waals surface area contributed by atoms with Crippen molar-refractivity contribution in [3.05, 3.63) is 65.4 Å². The average Bonchev–Trinajstić information content (AvgIpc) is 2.94. The number of nitrogens with zero attached hydrogens (tertiary/aromatic N) is 1. The topological polar surface area (TPSA) is 57.8 Å². The van der Waals surface area contributed by atoms with Gasteiger partial charge in [-0.25, -0.2) is 0 Å². The number of carbonyl (C=O) groups excluding carboxylic acids is 1. The Morgan fingerprint density at radius 2 is 2.14 bits per heavy atom. The van der Waals surface area contributed by atoms with Crippen LogP contribution in [0.4, 0.5) is 0 Å². The molecule has 2 aromatic carbocycles. The van der Waals surface area contributed by atoms with Crippen LogP contribution in [0.1, 0.15) is 21.5 Å². The van der Waals surface area contributed by atoms with Crippen molar-refractivity contribution in [1.82, 2.24) is 15.5 Å². The van der Waals surface area contributed by atoms with Gasteiger partial charge in [-0.2, -0.15) is 5.10 Å². The average molecular weight is 279 g/mol. The van der Waals surface area contributed by atoms with Gasteiger partial charge in [0.1, 0.15) is 0 Å². The van der Waals surface area contributed by atoms with Gasteiger partial charge in [0.05, 0.1) is 11.7 Å². The first-order chi connectivity index (χ1) is 10.2. The Morgan fingerprint density at radius 1 is 1.24 bits per heavy atom. The summed E-state index contributed by atoms with van der Waals surface area (Å²) in [6.07, 6.45) is 2.58. The van der Waals surface area contributed by atoms with Crippen LogP contribution in [0.25, 0.3) is 10.9 Å². The molecule has 3 aromatic rings. The summed E-state index contributed by atoms with van der Waals surface area (Å²) >= 11 is 0. The molecular weight excluding hydrogens is 262 g/mol. The molecule has 0 spiro atoms. The molecule has 1 amide bonds. The van der Waals surface area contributed by atoms with Gasteiger partial charge in [0.2, 0.25) is 0 Å². The molecule has 2 N–H and O–H groups in total. The maximum absolute atomic E-state index is 12.1. The number of rotatable bonds is 4. The van der Waals surface area contributed by atoms with Gasteiger partial charge in [-0.05, 0) is 31.0 Å². The zero-order valence-electron chi connectivity index (χ0n) is 11.9. The monoisotopic (exact) mass is 279 g/mol. The molecule has 0 bridgehead atoms. The molecule has 4 nitrogen and oxygen atoms in total. The lowest BCUT2D eigenvalue weighted by atomic mass is 10.1. The molecule has 106 valence electrons. The third kappa shape index (κ3) is 3.11. The highest BCUT2D eigenvalue weighted by molar-refractivity contribution is 5.97. The highest BCUT2D eigenvalue weighted by Gasteiger charge is 2.06. The van der Waals surface area contributed by atoms with E-state index in [1.807, 2.05) is 24.3 Å². The maximum atomic E-state index is 12.1. The quantitative estimate of drug-likeness (QED) is 0.771. The first kappa shape index (κ1) is 13.4. The second-order valence-corrected chi connectivity index (χ2v) is 5.17. The minimum Gasteiger partial charge on any atom is -0.352 e. The summed E-state index contributed by atoms with van der Waals surface area (Å²) in [5.74, 6) is -0.0563. The van der Waals surface area contributed by atoms with Gasteiger partial charge >= 0.3 is 0 Å². The predicted molar refractivity (Wildman–Crippen MR) is 83.3 cm³/mol. The number of hydrogen-bond donors (Lipinski definition) is 2. The summed E-state index contributed by atoms with van der Waals surface area (Å²) in [5.41, 5.74) is 4.00. The van der Waals surface area contributed by atoms with Crippen LogP contribution in [0.5, 0.6) is 0 Å². The number of aryl methyl sites for hydroxylation is 1. The van der Waals surface area contributed by atoms with Crippen LogP contribution in [-0.2, 0) is 6.42 Å². The molecule has 21 heavy (non-hydrogen) atoms. The summed E-state index contributed by atoms with van der Waals surface area (Å²) in [6.45, 7) is 2.70. The summed E-state index contributed by atoms with van der Waals surface area (Å²) < 4.78 is 0. The van der Waals surface area contributed by atoms with Gasteiger partial charge in [0.25, 0.3) is 5.91 Å². The lowest BCUT2D eigenvalue weighted by Gasteiger charge is -2.06. The maximum Gasteiger partial charge on any atom is 0.251 e. The summed E-state index contributed by atoms with van der Waals surface area (Å²) in [7, 11) is 0. The molecule has 0 fully saturated rings. The molecule has 0 atom stereocenters. The van der Waals surface area contributed by atoms with Crippen LogP contribution in [0, 0.1) is 6.92 Å². The highest BCUT2D eigenvalue weighted by Crippen LogP contribution is 2.12. The molecule has 0 aliphatic heterocycles. The first-order valence-electron chi connectivity index (χ1n) is 6.99. The van der Waals surface area contributed by atoms with Crippen molar-refractivity contribution >= 4 is 16.8 Å². The number of benzene rings is 2. The molecule has 0 saturated carbocycles. The Labute approximate surface area is 123 Å². The zero-order valence-corrected chi connectivity index (χ0v) is 11.9. The van der Waals surface area contributed by atoms with Crippen LogP contribution in [0.15, 0.2) is 48.7 Å². The molecule has 0 aliphatic carbocycles. The van der Waals surface area contributed by atoms with Gasteiger partial charge in [-0.3, -0.25) is 9.89 Å².